The van der Waals surface area contributed by atoms with Crippen molar-refractivity contribution < 1.29 is 23.8 Å². The zero-order chi connectivity index (χ0) is 19.4. The number of ether oxygens (including phenoxy) is 3. The lowest BCUT2D eigenvalue weighted by atomic mass is 9.87. The van der Waals surface area contributed by atoms with Gasteiger partial charge in [0.15, 0.2) is 5.78 Å². The van der Waals surface area contributed by atoms with E-state index in [1.54, 1.807) is 27.2 Å². The maximum atomic E-state index is 12.8. The van der Waals surface area contributed by atoms with E-state index in [4.69, 9.17) is 14.2 Å². The SMILES string of the molecule is CCOC(=O)CC(=O)c1cc(OC)ccc1C1CCc2cc(OC)ccc21. The highest BCUT2D eigenvalue weighted by atomic mass is 16.5. The molecule has 2 aromatic rings. The van der Waals surface area contributed by atoms with E-state index in [9.17, 15) is 9.59 Å². The Bertz CT molecular complexity index is 856. The number of methoxy groups -OCH3 is 2. The Morgan fingerprint density at radius 2 is 1.67 bits per heavy atom. The number of hydrogen-bond donors (Lipinski definition) is 0. The summed E-state index contributed by atoms with van der Waals surface area (Å²) in [4.78, 5) is 24.6. The molecule has 142 valence electrons. The van der Waals surface area contributed by atoms with Crippen LogP contribution in [0.2, 0.25) is 0 Å². The Morgan fingerprint density at radius 1 is 1.00 bits per heavy atom. The minimum absolute atomic E-state index is 0.109. The normalized spacial score (nSPS) is 15.1. The largest absolute Gasteiger partial charge is 0.497 e. The number of ketones is 1. The van der Waals surface area contributed by atoms with E-state index in [1.807, 2.05) is 18.2 Å². The first-order chi connectivity index (χ1) is 13.1. The van der Waals surface area contributed by atoms with Crippen LogP contribution in [0.5, 0.6) is 11.5 Å². The number of hydrogen-bond acceptors (Lipinski definition) is 5. The molecule has 1 aliphatic carbocycles. The van der Waals surface area contributed by atoms with Crippen molar-refractivity contribution in [3.63, 3.8) is 0 Å². The maximum Gasteiger partial charge on any atom is 0.313 e. The minimum Gasteiger partial charge on any atom is -0.497 e. The minimum atomic E-state index is -0.507. The smallest absolute Gasteiger partial charge is 0.313 e. The predicted molar refractivity (Wildman–Crippen MR) is 102 cm³/mol. The van der Waals surface area contributed by atoms with Gasteiger partial charge in [0.25, 0.3) is 0 Å². The summed E-state index contributed by atoms with van der Waals surface area (Å²) >= 11 is 0. The highest BCUT2D eigenvalue weighted by Gasteiger charge is 2.28. The quantitative estimate of drug-likeness (QED) is 0.421. The van der Waals surface area contributed by atoms with Crippen LogP contribution in [-0.2, 0) is 16.0 Å². The second-order valence-electron chi connectivity index (χ2n) is 6.51. The first kappa shape index (κ1) is 19.0. The van der Waals surface area contributed by atoms with Gasteiger partial charge in [-0.2, -0.15) is 0 Å². The van der Waals surface area contributed by atoms with Gasteiger partial charge in [-0.1, -0.05) is 12.1 Å². The summed E-state index contributed by atoms with van der Waals surface area (Å²) in [6.45, 7) is 1.98. The summed E-state index contributed by atoms with van der Waals surface area (Å²) in [5.74, 6) is 0.789. The second kappa shape index (κ2) is 8.25. The molecular weight excluding hydrogens is 344 g/mol. The number of rotatable bonds is 7. The molecule has 0 fully saturated rings. The van der Waals surface area contributed by atoms with Crippen molar-refractivity contribution in [3.8, 4) is 11.5 Å². The van der Waals surface area contributed by atoms with Gasteiger partial charge in [-0.15, -0.1) is 0 Å². The van der Waals surface area contributed by atoms with Gasteiger partial charge in [0.2, 0.25) is 0 Å². The molecule has 0 aliphatic heterocycles. The van der Waals surface area contributed by atoms with Gasteiger partial charge in [-0.05, 0) is 60.7 Å². The molecule has 0 heterocycles. The number of Topliss-reactive ketones (excluding diaryl/α,β-unsaturated/α-hetero) is 1. The first-order valence-electron chi connectivity index (χ1n) is 9.11. The third kappa shape index (κ3) is 3.97. The van der Waals surface area contributed by atoms with Crippen molar-refractivity contribution in [2.75, 3.05) is 20.8 Å². The Balaban J connectivity index is 1.97. The average molecular weight is 368 g/mol. The van der Waals surface area contributed by atoms with E-state index < -0.39 is 5.97 Å². The predicted octanol–water partition coefficient (Wildman–Crippen LogP) is 3.92. The number of fused-ring (bicyclic) bond motifs is 1. The second-order valence-corrected chi connectivity index (χ2v) is 6.51. The number of esters is 1. The standard InChI is InChI=1S/C22H24O5/c1-4-27-22(24)13-21(23)20-12-16(26-3)7-10-19(20)18-8-5-14-11-15(25-2)6-9-17(14)18/h6-7,9-12,18H,4-5,8,13H2,1-3H3. The Labute approximate surface area is 159 Å². The van der Waals surface area contributed by atoms with E-state index in [1.165, 1.54) is 11.1 Å². The fourth-order valence-corrected chi connectivity index (χ4v) is 3.69. The van der Waals surface area contributed by atoms with Crippen molar-refractivity contribution in [1.29, 1.82) is 0 Å². The van der Waals surface area contributed by atoms with Crippen molar-refractivity contribution in [2.24, 2.45) is 0 Å². The molecule has 0 bridgehead atoms. The molecule has 0 spiro atoms. The maximum absolute atomic E-state index is 12.8. The van der Waals surface area contributed by atoms with Crippen LogP contribution < -0.4 is 9.47 Å². The lowest BCUT2D eigenvalue weighted by Gasteiger charge is -2.17. The molecule has 2 aromatic carbocycles. The van der Waals surface area contributed by atoms with Crippen LogP contribution in [0, 0.1) is 0 Å². The van der Waals surface area contributed by atoms with Crippen LogP contribution in [0.15, 0.2) is 36.4 Å². The van der Waals surface area contributed by atoms with Gasteiger partial charge in [0.05, 0.1) is 20.8 Å². The zero-order valence-electron chi connectivity index (χ0n) is 15.9. The fraction of sp³-hybridized carbons (Fsp3) is 0.364. The van der Waals surface area contributed by atoms with Crippen LogP contribution in [0.4, 0.5) is 0 Å². The van der Waals surface area contributed by atoms with Crippen LogP contribution in [0.1, 0.15) is 52.7 Å². The molecule has 0 saturated carbocycles. The number of carbonyl (C=O) groups excluding carboxylic acids is 2. The van der Waals surface area contributed by atoms with Gasteiger partial charge in [-0.25, -0.2) is 0 Å². The molecule has 1 atom stereocenters. The number of benzene rings is 2. The summed E-state index contributed by atoms with van der Waals surface area (Å²) in [6.07, 6.45) is 1.57. The summed E-state index contributed by atoms with van der Waals surface area (Å²) in [5, 5.41) is 0. The topological polar surface area (TPSA) is 61.8 Å². The molecule has 1 unspecified atom stereocenters. The van der Waals surface area contributed by atoms with Gasteiger partial charge < -0.3 is 14.2 Å². The summed E-state index contributed by atoms with van der Waals surface area (Å²) in [5.41, 5.74) is 3.88. The lowest BCUT2D eigenvalue weighted by Crippen LogP contribution is -2.14. The van der Waals surface area contributed by atoms with Crippen LogP contribution in [-0.4, -0.2) is 32.6 Å². The Kier molecular flexibility index (Phi) is 5.79. The average Bonchev–Trinajstić information content (AvgIpc) is 3.10. The van der Waals surface area contributed by atoms with Crippen LogP contribution in [0.25, 0.3) is 0 Å². The fourth-order valence-electron chi connectivity index (χ4n) is 3.69. The van der Waals surface area contributed by atoms with Crippen molar-refractivity contribution in [2.45, 2.75) is 32.1 Å². The first-order valence-corrected chi connectivity index (χ1v) is 9.11. The number of aryl methyl sites for hydroxylation is 1. The Hall–Kier alpha value is -2.82. The molecule has 0 amide bonds. The van der Waals surface area contributed by atoms with Crippen LogP contribution >= 0.6 is 0 Å². The third-order valence-electron chi connectivity index (χ3n) is 4.97. The summed E-state index contributed by atoms with van der Waals surface area (Å²) in [6, 6.07) is 11.6. The van der Waals surface area contributed by atoms with E-state index in [0.717, 1.165) is 24.2 Å². The van der Waals surface area contributed by atoms with Gasteiger partial charge in [0.1, 0.15) is 17.9 Å². The monoisotopic (exact) mass is 368 g/mol. The van der Waals surface area contributed by atoms with E-state index >= 15 is 0 Å². The van der Waals surface area contributed by atoms with Crippen LogP contribution in [0.3, 0.4) is 0 Å². The molecule has 0 saturated heterocycles. The number of carbonyl (C=O) groups is 2. The van der Waals surface area contributed by atoms with E-state index in [-0.39, 0.29) is 24.7 Å². The van der Waals surface area contributed by atoms with Crippen molar-refractivity contribution >= 4 is 11.8 Å². The molecule has 27 heavy (non-hydrogen) atoms. The molecule has 1 aliphatic rings. The van der Waals surface area contributed by atoms with E-state index in [0.29, 0.717) is 11.3 Å². The van der Waals surface area contributed by atoms with Gasteiger partial charge in [-0.3, -0.25) is 9.59 Å². The Morgan fingerprint density at radius 3 is 2.33 bits per heavy atom. The molecule has 5 heteroatoms. The molecule has 0 radical (unpaired) electrons. The van der Waals surface area contributed by atoms with Crippen molar-refractivity contribution in [1.82, 2.24) is 0 Å². The zero-order valence-corrected chi connectivity index (χ0v) is 15.9. The highest BCUT2D eigenvalue weighted by molar-refractivity contribution is 6.07. The third-order valence-corrected chi connectivity index (χ3v) is 4.97. The molecule has 5 nitrogen and oxygen atoms in total. The molecule has 3 rings (SSSR count). The molecule has 0 aromatic heterocycles. The summed E-state index contributed by atoms with van der Waals surface area (Å²) in [7, 11) is 3.22. The van der Waals surface area contributed by atoms with Crippen molar-refractivity contribution in [3.05, 3.63) is 58.7 Å². The van der Waals surface area contributed by atoms with Gasteiger partial charge in [0, 0.05) is 11.5 Å². The summed E-state index contributed by atoms with van der Waals surface area (Å²) < 4.78 is 15.5. The highest BCUT2D eigenvalue weighted by Crippen LogP contribution is 2.41. The van der Waals surface area contributed by atoms with E-state index in [2.05, 4.69) is 12.1 Å². The molecule has 0 N–H and O–H groups in total. The molecular formula is C22H24O5. The lowest BCUT2D eigenvalue weighted by molar-refractivity contribution is -0.141. The van der Waals surface area contributed by atoms with Gasteiger partial charge >= 0.3 is 5.97 Å².